The third kappa shape index (κ3) is 3.59. The number of rotatable bonds is 4. The first-order valence-corrected chi connectivity index (χ1v) is 6.81. The third-order valence-electron chi connectivity index (χ3n) is 3.16. The summed E-state index contributed by atoms with van der Waals surface area (Å²) in [5.74, 6) is -0.0729. The van der Waals surface area contributed by atoms with Gasteiger partial charge in [0, 0.05) is 17.3 Å². The molecule has 2 aromatic carbocycles. The first-order chi connectivity index (χ1) is 9.60. The Kier molecular flexibility index (Phi) is 4.77. The topological polar surface area (TPSA) is 55.1 Å². The molecule has 20 heavy (non-hydrogen) atoms. The van der Waals surface area contributed by atoms with Gasteiger partial charge in [-0.2, -0.15) is 0 Å². The molecule has 0 atom stereocenters. The molecule has 104 valence electrons. The van der Waals surface area contributed by atoms with Crippen molar-refractivity contribution in [2.45, 2.75) is 19.9 Å². The lowest BCUT2D eigenvalue weighted by Gasteiger charge is -2.10. The first-order valence-electron chi connectivity index (χ1n) is 6.43. The maximum atomic E-state index is 12.1. The molecule has 0 aromatic heterocycles. The number of carbonyl (C=O) groups is 1. The Hall–Kier alpha value is -1.84. The van der Waals surface area contributed by atoms with Crippen LogP contribution in [0.5, 0.6) is 0 Å². The highest BCUT2D eigenvalue weighted by atomic mass is 35.5. The van der Waals surface area contributed by atoms with Crippen LogP contribution >= 0.6 is 11.6 Å². The van der Waals surface area contributed by atoms with Crippen LogP contribution in [-0.4, -0.2) is 5.91 Å². The van der Waals surface area contributed by atoms with Gasteiger partial charge in [0.1, 0.15) is 0 Å². The molecule has 1 amide bonds. The minimum Gasteiger partial charge on any atom is -0.326 e. The van der Waals surface area contributed by atoms with Crippen LogP contribution in [0.2, 0.25) is 5.02 Å². The van der Waals surface area contributed by atoms with E-state index in [0.717, 1.165) is 22.4 Å². The fraction of sp³-hybridized carbons (Fsp3) is 0.188. The van der Waals surface area contributed by atoms with E-state index in [9.17, 15) is 4.79 Å². The minimum atomic E-state index is -0.0729. The zero-order valence-corrected chi connectivity index (χ0v) is 12.1. The summed E-state index contributed by atoms with van der Waals surface area (Å²) in [7, 11) is 0. The molecule has 2 rings (SSSR count). The standard InChI is InChI=1S/C16H17ClN2O/c1-11-6-7-14(17)9-15(11)19-16(20)8-12-4-2-3-5-13(12)10-18/h2-7,9H,8,10,18H2,1H3,(H,19,20). The van der Waals surface area contributed by atoms with Gasteiger partial charge in [-0.1, -0.05) is 41.9 Å². The maximum Gasteiger partial charge on any atom is 0.228 e. The summed E-state index contributed by atoms with van der Waals surface area (Å²) in [6.07, 6.45) is 0.305. The summed E-state index contributed by atoms with van der Waals surface area (Å²) in [4.78, 5) is 12.1. The number of aryl methyl sites for hydroxylation is 1. The second-order valence-electron chi connectivity index (χ2n) is 4.66. The van der Waals surface area contributed by atoms with E-state index in [2.05, 4.69) is 5.32 Å². The molecule has 0 bridgehead atoms. The van der Waals surface area contributed by atoms with Gasteiger partial charge < -0.3 is 11.1 Å². The Labute approximate surface area is 123 Å². The van der Waals surface area contributed by atoms with Crippen molar-refractivity contribution in [1.82, 2.24) is 0 Å². The van der Waals surface area contributed by atoms with Crippen molar-refractivity contribution < 1.29 is 4.79 Å². The van der Waals surface area contributed by atoms with E-state index in [1.165, 1.54) is 0 Å². The van der Waals surface area contributed by atoms with Crippen molar-refractivity contribution in [2.75, 3.05) is 5.32 Å². The lowest BCUT2D eigenvalue weighted by molar-refractivity contribution is -0.115. The summed E-state index contributed by atoms with van der Waals surface area (Å²) < 4.78 is 0. The number of hydrogen-bond acceptors (Lipinski definition) is 2. The predicted octanol–water partition coefficient (Wildman–Crippen LogP) is 3.29. The summed E-state index contributed by atoms with van der Waals surface area (Å²) >= 11 is 5.94. The molecule has 2 aromatic rings. The Morgan fingerprint density at radius 2 is 1.90 bits per heavy atom. The number of nitrogens with two attached hydrogens (primary N) is 1. The molecule has 0 saturated heterocycles. The van der Waals surface area contributed by atoms with Crippen molar-refractivity contribution in [3.8, 4) is 0 Å². The van der Waals surface area contributed by atoms with Crippen LogP contribution < -0.4 is 11.1 Å². The van der Waals surface area contributed by atoms with E-state index < -0.39 is 0 Å². The Balaban J connectivity index is 2.11. The van der Waals surface area contributed by atoms with E-state index in [4.69, 9.17) is 17.3 Å². The highest BCUT2D eigenvalue weighted by Gasteiger charge is 2.09. The van der Waals surface area contributed by atoms with E-state index in [-0.39, 0.29) is 5.91 Å². The fourth-order valence-corrected chi connectivity index (χ4v) is 2.20. The molecule has 0 aliphatic carbocycles. The fourth-order valence-electron chi connectivity index (χ4n) is 2.03. The summed E-state index contributed by atoms with van der Waals surface area (Å²) in [6, 6.07) is 13.1. The van der Waals surface area contributed by atoms with Gasteiger partial charge in [0.2, 0.25) is 5.91 Å². The number of carbonyl (C=O) groups excluding carboxylic acids is 1. The monoisotopic (exact) mass is 288 g/mol. The Morgan fingerprint density at radius 3 is 2.60 bits per heavy atom. The molecule has 0 heterocycles. The lowest BCUT2D eigenvalue weighted by Crippen LogP contribution is -2.16. The molecular weight excluding hydrogens is 272 g/mol. The maximum absolute atomic E-state index is 12.1. The van der Waals surface area contributed by atoms with E-state index in [1.807, 2.05) is 37.3 Å². The summed E-state index contributed by atoms with van der Waals surface area (Å²) in [5, 5.41) is 3.49. The summed E-state index contributed by atoms with van der Waals surface area (Å²) in [6.45, 7) is 2.36. The highest BCUT2D eigenvalue weighted by molar-refractivity contribution is 6.31. The van der Waals surface area contributed by atoms with Crippen LogP contribution in [-0.2, 0) is 17.8 Å². The van der Waals surface area contributed by atoms with Crippen LogP contribution in [0.15, 0.2) is 42.5 Å². The van der Waals surface area contributed by atoms with Gasteiger partial charge in [0.15, 0.2) is 0 Å². The number of hydrogen-bond donors (Lipinski definition) is 2. The van der Waals surface area contributed by atoms with Crippen molar-refractivity contribution in [2.24, 2.45) is 5.73 Å². The van der Waals surface area contributed by atoms with Gasteiger partial charge >= 0.3 is 0 Å². The van der Waals surface area contributed by atoms with Crippen LogP contribution in [0, 0.1) is 6.92 Å². The average molecular weight is 289 g/mol. The number of halogens is 1. The van der Waals surface area contributed by atoms with E-state index in [1.54, 1.807) is 12.1 Å². The molecule has 0 aliphatic rings. The molecule has 3 N–H and O–H groups in total. The SMILES string of the molecule is Cc1ccc(Cl)cc1NC(=O)Cc1ccccc1CN. The second-order valence-corrected chi connectivity index (χ2v) is 5.09. The third-order valence-corrected chi connectivity index (χ3v) is 3.40. The van der Waals surface area contributed by atoms with Crippen molar-refractivity contribution in [3.63, 3.8) is 0 Å². The van der Waals surface area contributed by atoms with Gasteiger partial charge in [-0.05, 0) is 35.7 Å². The lowest BCUT2D eigenvalue weighted by atomic mass is 10.0. The number of anilines is 1. The normalized spacial score (nSPS) is 10.3. The molecule has 0 fully saturated rings. The zero-order valence-electron chi connectivity index (χ0n) is 11.3. The molecule has 0 unspecified atom stereocenters. The van der Waals surface area contributed by atoms with E-state index in [0.29, 0.717) is 18.0 Å². The van der Waals surface area contributed by atoms with Crippen LogP contribution in [0.1, 0.15) is 16.7 Å². The van der Waals surface area contributed by atoms with Gasteiger partial charge in [-0.25, -0.2) is 0 Å². The van der Waals surface area contributed by atoms with Gasteiger partial charge in [0.05, 0.1) is 6.42 Å². The quantitative estimate of drug-likeness (QED) is 0.907. The highest BCUT2D eigenvalue weighted by Crippen LogP contribution is 2.20. The van der Waals surface area contributed by atoms with Gasteiger partial charge in [-0.15, -0.1) is 0 Å². The van der Waals surface area contributed by atoms with E-state index >= 15 is 0 Å². The van der Waals surface area contributed by atoms with Crippen LogP contribution in [0.4, 0.5) is 5.69 Å². The molecular formula is C16H17ClN2O. The van der Waals surface area contributed by atoms with Crippen LogP contribution in [0.25, 0.3) is 0 Å². The van der Waals surface area contributed by atoms with Gasteiger partial charge in [0.25, 0.3) is 0 Å². The molecule has 0 aliphatic heterocycles. The molecule has 0 saturated carbocycles. The molecule has 4 heteroatoms. The first kappa shape index (κ1) is 14.6. The predicted molar refractivity (Wildman–Crippen MR) is 82.9 cm³/mol. The summed E-state index contributed by atoms with van der Waals surface area (Å²) in [5.41, 5.74) is 9.34. The second kappa shape index (κ2) is 6.55. The van der Waals surface area contributed by atoms with Crippen molar-refractivity contribution >= 4 is 23.2 Å². The molecule has 0 radical (unpaired) electrons. The van der Waals surface area contributed by atoms with Crippen molar-refractivity contribution in [1.29, 1.82) is 0 Å². The minimum absolute atomic E-state index is 0.0729. The number of amides is 1. The number of nitrogens with one attached hydrogen (secondary N) is 1. The van der Waals surface area contributed by atoms with Crippen LogP contribution in [0.3, 0.4) is 0 Å². The largest absolute Gasteiger partial charge is 0.326 e. The average Bonchev–Trinajstić information content (AvgIpc) is 2.43. The molecule has 0 spiro atoms. The molecule has 3 nitrogen and oxygen atoms in total. The smallest absolute Gasteiger partial charge is 0.228 e. The Morgan fingerprint density at radius 1 is 1.20 bits per heavy atom. The zero-order chi connectivity index (χ0) is 14.5. The van der Waals surface area contributed by atoms with Crippen molar-refractivity contribution in [3.05, 3.63) is 64.2 Å². The number of benzene rings is 2. The van der Waals surface area contributed by atoms with Gasteiger partial charge in [-0.3, -0.25) is 4.79 Å². The Bertz CT molecular complexity index is 626.